The molecule has 1 aliphatic rings. The molecule has 5 nitrogen and oxygen atoms in total. The van der Waals surface area contributed by atoms with Gasteiger partial charge in [-0.25, -0.2) is 9.97 Å². The number of anilines is 2. The van der Waals surface area contributed by atoms with Crippen LogP contribution in [0.25, 0.3) is 5.65 Å². The summed E-state index contributed by atoms with van der Waals surface area (Å²) in [5.74, 6) is 1.62. The van der Waals surface area contributed by atoms with Gasteiger partial charge in [-0.1, -0.05) is 0 Å². The highest BCUT2D eigenvalue weighted by atomic mass is 15.2. The first-order valence-electron chi connectivity index (χ1n) is 5.69. The van der Waals surface area contributed by atoms with Crippen LogP contribution in [-0.4, -0.2) is 27.5 Å². The van der Waals surface area contributed by atoms with Crippen molar-refractivity contribution in [2.24, 2.45) is 0 Å². The van der Waals surface area contributed by atoms with Crippen LogP contribution in [0, 0.1) is 0 Å². The van der Waals surface area contributed by atoms with E-state index in [1.807, 2.05) is 10.6 Å². The number of aromatic nitrogens is 3. The van der Waals surface area contributed by atoms with Gasteiger partial charge >= 0.3 is 0 Å². The maximum atomic E-state index is 5.83. The molecule has 0 saturated carbocycles. The second kappa shape index (κ2) is 3.66. The smallest absolute Gasteiger partial charge is 0.181 e. The first-order chi connectivity index (χ1) is 7.86. The molecule has 1 fully saturated rings. The number of fused-ring (bicyclic) bond motifs is 1. The Bertz CT molecular complexity index is 498. The molecule has 0 amide bonds. The van der Waals surface area contributed by atoms with Crippen molar-refractivity contribution in [1.29, 1.82) is 0 Å². The third-order valence-corrected chi connectivity index (χ3v) is 3.09. The zero-order chi connectivity index (χ0) is 11.0. The van der Waals surface area contributed by atoms with Crippen molar-refractivity contribution in [3.05, 3.63) is 18.6 Å². The summed E-state index contributed by atoms with van der Waals surface area (Å²) in [5.41, 5.74) is 6.69. The first-order valence-corrected chi connectivity index (χ1v) is 5.69. The highest BCUT2D eigenvalue weighted by Crippen LogP contribution is 2.22. The van der Waals surface area contributed by atoms with Gasteiger partial charge in [0.2, 0.25) is 0 Å². The van der Waals surface area contributed by atoms with E-state index in [4.69, 9.17) is 5.73 Å². The number of hydrogen-bond acceptors (Lipinski definition) is 4. The van der Waals surface area contributed by atoms with E-state index in [0.717, 1.165) is 24.6 Å². The lowest BCUT2D eigenvalue weighted by molar-refractivity contribution is 0.574. The SMILES string of the molecule is Nc1cnc2c(N3CCCCC3)nccn12. The van der Waals surface area contributed by atoms with Crippen LogP contribution in [0.5, 0.6) is 0 Å². The predicted molar refractivity (Wildman–Crippen MR) is 63.5 cm³/mol. The standard InChI is InChI=1S/C11H15N5/c12-9-8-14-11-10(13-4-7-16(9)11)15-5-2-1-3-6-15/h4,7-8H,1-3,5-6,12H2. The van der Waals surface area contributed by atoms with Crippen molar-refractivity contribution in [1.82, 2.24) is 14.4 Å². The molecular weight excluding hydrogens is 202 g/mol. The van der Waals surface area contributed by atoms with Gasteiger partial charge in [0.15, 0.2) is 11.5 Å². The normalized spacial score (nSPS) is 16.9. The van der Waals surface area contributed by atoms with Crippen molar-refractivity contribution in [3.8, 4) is 0 Å². The second-order valence-corrected chi connectivity index (χ2v) is 4.18. The molecule has 16 heavy (non-hydrogen) atoms. The maximum absolute atomic E-state index is 5.83. The number of nitrogen functional groups attached to an aromatic ring is 1. The lowest BCUT2D eigenvalue weighted by atomic mass is 10.1. The number of rotatable bonds is 1. The number of piperidine rings is 1. The van der Waals surface area contributed by atoms with Crippen LogP contribution in [0.4, 0.5) is 11.6 Å². The minimum absolute atomic E-state index is 0.663. The molecular formula is C11H15N5. The number of nitrogens with zero attached hydrogens (tertiary/aromatic N) is 4. The average Bonchev–Trinajstić information content (AvgIpc) is 2.73. The molecule has 3 rings (SSSR count). The molecule has 2 aromatic rings. The van der Waals surface area contributed by atoms with Gasteiger partial charge in [-0.05, 0) is 19.3 Å². The maximum Gasteiger partial charge on any atom is 0.181 e. The Morgan fingerprint density at radius 2 is 1.94 bits per heavy atom. The molecule has 0 bridgehead atoms. The third kappa shape index (κ3) is 1.39. The molecule has 2 N–H and O–H groups in total. The quantitative estimate of drug-likeness (QED) is 0.782. The summed E-state index contributed by atoms with van der Waals surface area (Å²) in [7, 11) is 0. The molecule has 5 heteroatoms. The van der Waals surface area contributed by atoms with Gasteiger partial charge in [-0.2, -0.15) is 0 Å². The first kappa shape index (κ1) is 9.45. The van der Waals surface area contributed by atoms with Gasteiger partial charge in [0.1, 0.15) is 5.82 Å². The van der Waals surface area contributed by atoms with E-state index >= 15 is 0 Å². The summed E-state index contributed by atoms with van der Waals surface area (Å²) in [6, 6.07) is 0. The molecule has 1 aliphatic heterocycles. The number of nitrogens with two attached hydrogens (primary N) is 1. The Morgan fingerprint density at radius 3 is 2.75 bits per heavy atom. The van der Waals surface area contributed by atoms with Crippen LogP contribution in [0.1, 0.15) is 19.3 Å². The zero-order valence-corrected chi connectivity index (χ0v) is 9.13. The van der Waals surface area contributed by atoms with Crippen LogP contribution in [0.15, 0.2) is 18.6 Å². The van der Waals surface area contributed by atoms with E-state index in [1.54, 1.807) is 12.4 Å². The largest absolute Gasteiger partial charge is 0.383 e. The average molecular weight is 217 g/mol. The van der Waals surface area contributed by atoms with Gasteiger partial charge in [0.25, 0.3) is 0 Å². The topological polar surface area (TPSA) is 59.5 Å². The summed E-state index contributed by atoms with van der Waals surface area (Å²) < 4.78 is 1.89. The van der Waals surface area contributed by atoms with Crippen molar-refractivity contribution < 1.29 is 0 Å². The predicted octanol–water partition coefficient (Wildman–Crippen LogP) is 1.30. The van der Waals surface area contributed by atoms with Crippen LogP contribution in [0.2, 0.25) is 0 Å². The van der Waals surface area contributed by atoms with E-state index in [-0.39, 0.29) is 0 Å². The third-order valence-electron chi connectivity index (χ3n) is 3.09. The van der Waals surface area contributed by atoms with Gasteiger partial charge in [0, 0.05) is 25.5 Å². The Labute approximate surface area is 93.9 Å². The molecule has 3 heterocycles. The molecule has 0 spiro atoms. The van der Waals surface area contributed by atoms with Gasteiger partial charge in [0.05, 0.1) is 6.20 Å². The summed E-state index contributed by atoms with van der Waals surface area (Å²) in [6.45, 7) is 2.14. The zero-order valence-electron chi connectivity index (χ0n) is 9.13. The van der Waals surface area contributed by atoms with Gasteiger partial charge < -0.3 is 10.6 Å². The number of imidazole rings is 1. The highest BCUT2D eigenvalue weighted by molar-refractivity contribution is 5.66. The van der Waals surface area contributed by atoms with E-state index in [1.165, 1.54) is 19.3 Å². The van der Waals surface area contributed by atoms with Gasteiger partial charge in [-0.3, -0.25) is 4.40 Å². The highest BCUT2D eigenvalue weighted by Gasteiger charge is 2.16. The summed E-state index contributed by atoms with van der Waals surface area (Å²) in [6.07, 6.45) is 9.11. The Hall–Kier alpha value is -1.78. The molecule has 0 aromatic carbocycles. The van der Waals surface area contributed by atoms with Crippen molar-refractivity contribution >= 4 is 17.3 Å². The summed E-state index contributed by atoms with van der Waals surface area (Å²) in [4.78, 5) is 11.1. The van der Waals surface area contributed by atoms with Crippen LogP contribution >= 0.6 is 0 Å². The lowest BCUT2D eigenvalue weighted by Gasteiger charge is -2.27. The summed E-state index contributed by atoms with van der Waals surface area (Å²) in [5, 5.41) is 0. The van der Waals surface area contributed by atoms with Crippen LogP contribution < -0.4 is 10.6 Å². The molecule has 0 aliphatic carbocycles. The van der Waals surface area contributed by atoms with E-state index in [2.05, 4.69) is 14.9 Å². The Morgan fingerprint density at radius 1 is 1.12 bits per heavy atom. The van der Waals surface area contributed by atoms with Crippen LogP contribution in [-0.2, 0) is 0 Å². The Kier molecular flexibility index (Phi) is 2.16. The lowest BCUT2D eigenvalue weighted by Crippen LogP contribution is -2.30. The van der Waals surface area contributed by atoms with E-state index in [9.17, 15) is 0 Å². The molecule has 2 aromatic heterocycles. The van der Waals surface area contributed by atoms with E-state index < -0.39 is 0 Å². The van der Waals surface area contributed by atoms with Crippen molar-refractivity contribution in [2.45, 2.75) is 19.3 Å². The summed E-state index contributed by atoms with van der Waals surface area (Å²) >= 11 is 0. The van der Waals surface area contributed by atoms with Gasteiger partial charge in [-0.15, -0.1) is 0 Å². The van der Waals surface area contributed by atoms with Crippen molar-refractivity contribution in [3.63, 3.8) is 0 Å². The molecule has 0 atom stereocenters. The minimum Gasteiger partial charge on any atom is -0.383 e. The molecule has 0 unspecified atom stereocenters. The fourth-order valence-corrected chi connectivity index (χ4v) is 2.25. The molecule has 84 valence electrons. The van der Waals surface area contributed by atoms with Crippen molar-refractivity contribution in [2.75, 3.05) is 23.7 Å². The second-order valence-electron chi connectivity index (χ2n) is 4.18. The molecule has 0 radical (unpaired) electrons. The van der Waals surface area contributed by atoms with E-state index in [0.29, 0.717) is 5.82 Å². The monoisotopic (exact) mass is 217 g/mol. The fourth-order valence-electron chi connectivity index (χ4n) is 2.25. The fraction of sp³-hybridized carbons (Fsp3) is 0.455. The number of hydrogen-bond donors (Lipinski definition) is 1. The minimum atomic E-state index is 0.663. The van der Waals surface area contributed by atoms with Crippen LogP contribution in [0.3, 0.4) is 0 Å². The molecule has 1 saturated heterocycles. The Balaban J connectivity index is 2.08.